The summed E-state index contributed by atoms with van der Waals surface area (Å²) in [5.41, 5.74) is 6.25. The predicted molar refractivity (Wildman–Crippen MR) is 150 cm³/mol. The molecule has 2 heterocycles. The van der Waals surface area contributed by atoms with Crippen molar-refractivity contribution in [1.82, 2.24) is 4.90 Å². The molecule has 188 valence electrons. The maximum atomic E-state index is 12.4. The average molecular weight is 500 g/mol. The summed E-state index contributed by atoms with van der Waals surface area (Å²) in [5.74, 6) is 0.534. The number of thiophene rings is 1. The number of rotatable bonds is 7. The molecule has 1 fully saturated rings. The molecule has 1 saturated carbocycles. The first kappa shape index (κ1) is 25.0. The maximum absolute atomic E-state index is 12.4. The second kappa shape index (κ2) is 11.1. The highest BCUT2D eigenvalue weighted by Crippen LogP contribution is 2.45. The summed E-state index contributed by atoms with van der Waals surface area (Å²) in [7, 11) is 0. The van der Waals surface area contributed by atoms with Crippen molar-refractivity contribution in [2.75, 3.05) is 13.1 Å². The van der Waals surface area contributed by atoms with Crippen LogP contribution in [0.15, 0.2) is 72.3 Å². The van der Waals surface area contributed by atoms with Gasteiger partial charge in [0.1, 0.15) is 4.88 Å². The predicted octanol–water partition coefficient (Wildman–Crippen LogP) is 8.55. The smallest absolute Gasteiger partial charge is 0.346 e. The van der Waals surface area contributed by atoms with E-state index in [1.165, 1.54) is 53.7 Å². The van der Waals surface area contributed by atoms with Gasteiger partial charge in [-0.05, 0) is 65.9 Å². The van der Waals surface area contributed by atoms with Gasteiger partial charge in [0.2, 0.25) is 0 Å². The minimum Gasteiger partial charge on any atom is -0.477 e. The lowest BCUT2D eigenvalue weighted by Crippen LogP contribution is -2.37. The van der Waals surface area contributed by atoms with Crippen LogP contribution in [0, 0.1) is 11.8 Å². The fourth-order valence-electron chi connectivity index (χ4n) is 6.27. The topological polar surface area (TPSA) is 40.5 Å². The Morgan fingerprint density at radius 1 is 1.03 bits per heavy atom. The summed E-state index contributed by atoms with van der Waals surface area (Å²) in [4.78, 5) is 16.6. The molecule has 0 bridgehead atoms. The lowest BCUT2D eigenvalue weighted by atomic mass is 9.75. The Labute approximate surface area is 219 Å². The van der Waals surface area contributed by atoms with Gasteiger partial charge in [-0.15, -0.1) is 11.3 Å². The molecule has 36 heavy (non-hydrogen) atoms. The Balaban J connectivity index is 1.56. The third-order valence-electron chi connectivity index (χ3n) is 8.24. The Morgan fingerprint density at radius 2 is 1.69 bits per heavy atom. The van der Waals surface area contributed by atoms with Gasteiger partial charge in [0.15, 0.2) is 0 Å². The van der Waals surface area contributed by atoms with Gasteiger partial charge >= 0.3 is 5.97 Å². The molecule has 2 aromatic carbocycles. The molecule has 1 aliphatic heterocycles. The van der Waals surface area contributed by atoms with E-state index in [2.05, 4.69) is 67.3 Å². The Morgan fingerprint density at radius 3 is 2.33 bits per heavy atom. The molecule has 1 unspecified atom stereocenters. The van der Waals surface area contributed by atoms with Gasteiger partial charge in [-0.2, -0.15) is 0 Å². The number of carboxylic acids is 1. The van der Waals surface area contributed by atoms with Crippen LogP contribution in [0.3, 0.4) is 0 Å². The molecular formula is C32H37NO2S. The molecule has 0 spiro atoms. The fraction of sp³-hybridized carbons (Fsp3) is 0.406. The number of aromatic carboxylic acids is 1. The molecule has 1 N–H and O–H groups in total. The van der Waals surface area contributed by atoms with Gasteiger partial charge < -0.3 is 5.11 Å². The molecule has 1 aromatic heterocycles. The fourth-order valence-corrected chi connectivity index (χ4v) is 7.30. The van der Waals surface area contributed by atoms with Crippen LogP contribution in [0.2, 0.25) is 0 Å². The van der Waals surface area contributed by atoms with E-state index in [1.807, 2.05) is 18.2 Å². The van der Waals surface area contributed by atoms with E-state index in [0.717, 1.165) is 47.9 Å². The molecule has 3 nitrogen and oxygen atoms in total. The van der Waals surface area contributed by atoms with Crippen molar-refractivity contribution in [2.24, 2.45) is 11.8 Å². The third kappa shape index (κ3) is 5.21. The molecule has 2 aliphatic rings. The summed E-state index contributed by atoms with van der Waals surface area (Å²) < 4.78 is 0. The molecule has 4 heteroatoms. The number of benzene rings is 2. The Kier molecular flexibility index (Phi) is 7.73. The molecule has 1 aliphatic carbocycles. The highest BCUT2D eigenvalue weighted by molar-refractivity contribution is 7.17. The number of carbonyl (C=O) groups is 1. The van der Waals surface area contributed by atoms with E-state index < -0.39 is 5.97 Å². The SMILES string of the molecule is CCC(c1ccccc1)N1CCC(c2cc(-c3ccccc3)sc2C(=O)O)=C(C2CCC(C)CC2)C1. The minimum absolute atomic E-state index is 0.395. The summed E-state index contributed by atoms with van der Waals surface area (Å²) in [6.45, 7) is 6.56. The molecule has 0 saturated heterocycles. The van der Waals surface area contributed by atoms with Crippen molar-refractivity contribution in [2.45, 2.75) is 58.4 Å². The van der Waals surface area contributed by atoms with Crippen LogP contribution >= 0.6 is 11.3 Å². The van der Waals surface area contributed by atoms with Crippen LogP contribution in [0.4, 0.5) is 0 Å². The van der Waals surface area contributed by atoms with E-state index >= 15 is 0 Å². The summed E-state index contributed by atoms with van der Waals surface area (Å²) in [6, 6.07) is 23.6. The lowest BCUT2D eigenvalue weighted by Gasteiger charge is -2.40. The maximum Gasteiger partial charge on any atom is 0.346 e. The van der Waals surface area contributed by atoms with E-state index in [9.17, 15) is 9.90 Å². The first-order valence-electron chi connectivity index (χ1n) is 13.5. The molecule has 5 rings (SSSR count). The second-order valence-corrected chi connectivity index (χ2v) is 11.6. The first-order valence-corrected chi connectivity index (χ1v) is 14.3. The molecule has 0 amide bonds. The van der Waals surface area contributed by atoms with Crippen molar-refractivity contribution in [3.8, 4) is 10.4 Å². The van der Waals surface area contributed by atoms with Crippen LogP contribution in [-0.2, 0) is 0 Å². The number of hydrogen-bond donors (Lipinski definition) is 1. The van der Waals surface area contributed by atoms with Crippen LogP contribution in [0.25, 0.3) is 16.0 Å². The van der Waals surface area contributed by atoms with Gasteiger partial charge in [-0.3, -0.25) is 4.90 Å². The van der Waals surface area contributed by atoms with E-state index in [4.69, 9.17) is 0 Å². The monoisotopic (exact) mass is 499 g/mol. The van der Waals surface area contributed by atoms with Crippen LogP contribution in [-0.4, -0.2) is 29.1 Å². The van der Waals surface area contributed by atoms with Crippen molar-refractivity contribution < 1.29 is 9.90 Å². The summed E-state index contributed by atoms with van der Waals surface area (Å²) in [6.07, 6.45) is 6.95. The summed E-state index contributed by atoms with van der Waals surface area (Å²) >= 11 is 1.42. The lowest BCUT2D eigenvalue weighted by molar-refractivity contribution is 0.0701. The largest absolute Gasteiger partial charge is 0.477 e. The van der Waals surface area contributed by atoms with Crippen LogP contribution < -0.4 is 0 Å². The zero-order chi connectivity index (χ0) is 25.1. The second-order valence-electron chi connectivity index (χ2n) is 10.5. The molecule has 0 radical (unpaired) electrons. The highest BCUT2D eigenvalue weighted by Gasteiger charge is 2.33. The first-order chi connectivity index (χ1) is 17.5. The number of nitrogens with zero attached hydrogens (tertiary/aromatic N) is 1. The van der Waals surface area contributed by atoms with E-state index in [-0.39, 0.29) is 0 Å². The Bertz CT molecular complexity index is 1210. The van der Waals surface area contributed by atoms with Gasteiger partial charge in [0.05, 0.1) is 0 Å². The third-order valence-corrected chi connectivity index (χ3v) is 9.41. The van der Waals surface area contributed by atoms with Crippen molar-refractivity contribution in [3.05, 3.63) is 88.3 Å². The average Bonchev–Trinajstić information content (AvgIpc) is 3.37. The highest BCUT2D eigenvalue weighted by atomic mass is 32.1. The van der Waals surface area contributed by atoms with Crippen molar-refractivity contribution >= 4 is 22.9 Å². The van der Waals surface area contributed by atoms with Gasteiger partial charge in [0.25, 0.3) is 0 Å². The van der Waals surface area contributed by atoms with Crippen LogP contribution in [0.5, 0.6) is 0 Å². The quantitative estimate of drug-likeness (QED) is 0.354. The molecule has 3 aromatic rings. The zero-order valence-electron chi connectivity index (χ0n) is 21.5. The number of carboxylic acid groups (broad SMARTS) is 1. The summed E-state index contributed by atoms with van der Waals surface area (Å²) in [5, 5.41) is 10.2. The van der Waals surface area contributed by atoms with Gasteiger partial charge in [0, 0.05) is 29.6 Å². The molecule has 1 atom stereocenters. The Hall–Kier alpha value is -2.69. The van der Waals surface area contributed by atoms with E-state index in [0.29, 0.717) is 16.8 Å². The number of hydrogen-bond acceptors (Lipinski definition) is 3. The zero-order valence-corrected chi connectivity index (χ0v) is 22.3. The van der Waals surface area contributed by atoms with E-state index in [1.54, 1.807) is 0 Å². The van der Waals surface area contributed by atoms with Crippen LogP contribution in [0.1, 0.15) is 79.2 Å². The normalized spacial score (nSPS) is 21.9. The van der Waals surface area contributed by atoms with Gasteiger partial charge in [-0.1, -0.05) is 87.4 Å². The minimum atomic E-state index is -0.806. The van der Waals surface area contributed by atoms with Crippen molar-refractivity contribution in [1.29, 1.82) is 0 Å². The molecular weight excluding hydrogens is 462 g/mol. The van der Waals surface area contributed by atoms with Crippen molar-refractivity contribution in [3.63, 3.8) is 0 Å². The standard InChI is InChI=1S/C32H37NO2S/c1-3-29(24-10-6-4-7-11-24)33-19-18-26(28(21-33)23-16-14-22(2)15-17-23)27-20-30(36-31(27)32(34)35)25-12-8-5-9-13-25/h4-13,20,22-23,29H,3,14-19,21H2,1-2H3,(H,34,35). The van der Waals surface area contributed by atoms with Gasteiger partial charge in [-0.25, -0.2) is 4.79 Å².